The number of hydrogen-bond acceptors (Lipinski definition) is 3. The molecule has 0 spiro atoms. The monoisotopic (exact) mass is 311 g/mol. The summed E-state index contributed by atoms with van der Waals surface area (Å²) in [6, 6.07) is 1.69. The summed E-state index contributed by atoms with van der Waals surface area (Å²) in [5.41, 5.74) is -1.02. The molecule has 0 saturated carbocycles. The Labute approximate surface area is 128 Å². The van der Waals surface area contributed by atoms with E-state index in [4.69, 9.17) is 11.2 Å². The lowest BCUT2D eigenvalue weighted by Gasteiger charge is -2.26. The van der Waals surface area contributed by atoms with Crippen molar-refractivity contribution in [2.75, 3.05) is 0 Å². The minimum absolute atomic E-state index is 0.0731. The van der Waals surface area contributed by atoms with Gasteiger partial charge in [0.1, 0.15) is 23.3 Å². The van der Waals surface area contributed by atoms with E-state index in [9.17, 15) is 18.7 Å². The maximum Gasteiger partial charge on any atom is 0.408 e. The predicted octanol–water partition coefficient (Wildman–Crippen LogP) is 2.91. The summed E-state index contributed by atoms with van der Waals surface area (Å²) in [5, 5.41) is 12.6. The highest BCUT2D eigenvalue weighted by Crippen LogP contribution is 2.23. The largest absolute Gasteiger partial charge is 0.444 e. The van der Waals surface area contributed by atoms with Crippen LogP contribution in [-0.2, 0) is 4.74 Å². The quantitative estimate of drug-likeness (QED) is 0.841. The fraction of sp³-hybridized carbons (Fsp3) is 0.438. The van der Waals surface area contributed by atoms with Crippen LogP contribution in [0.2, 0.25) is 0 Å². The molecule has 4 nitrogen and oxygen atoms in total. The summed E-state index contributed by atoms with van der Waals surface area (Å²) in [5.74, 6) is 0.783. The Balaban J connectivity index is 2.93. The zero-order valence-electron chi connectivity index (χ0n) is 12.7. The standard InChI is InChI=1S/C16H19F2NO3/c1-5-6-13(19-15(21)22-16(2,3)4)14(20)11-9-10(17)7-8-12(11)18/h1,7-9,13-14,20H,6H2,2-4H3,(H,19,21)/t13-,14-/m0/s1. The second-order valence-electron chi connectivity index (χ2n) is 5.77. The molecular weight excluding hydrogens is 292 g/mol. The first kappa shape index (κ1) is 17.9. The first-order valence-electron chi connectivity index (χ1n) is 6.70. The fourth-order valence-corrected chi connectivity index (χ4v) is 1.79. The van der Waals surface area contributed by atoms with E-state index in [1.54, 1.807) is 20.8 Å². The zero-order chi connectivity index (χ0) is 16.9. The van der Waals surface area contributed by atoms with Crippen LogP contribution in [0.4, 0.5) is 13.6 Å². The van der Waals surface area contributed by atoms with Crippen molar-refractivity contribution in [1.82, 2.24) is 5.32 Å². The Kier molecular flexibility index (Phi) is 5.89. The van der Waals surface area contributed by atoms with Crippen LogP contribution in [0.25, 0.3) is 0 Å². The van der Waals surface area contributed by atoms with Crippen LogP contribution in [0.5, 0.6) is 0 Å². The first-order chi connectivity index (χ1) is 10.1. The highest BCUT2D eigenvalue weighted by molar-refractivity contribution is 5.68. The lowest BCUT2D eigenvalue weighted by atomic mass is 9.99. The van der Waals surface area contributed by atoms with Crippen LogP contribution in [-0.4, -0.2) is 22.8 Å². The summed E-state index contributed by atoms with van der Waals surface area (Å²) in [6.07, 6.45) is 2.82. The minimum Gasteiger partial charge on any atom is -0.444 e. The van der Waals surface area contributed by atoms with E-state index in [1.807, 2.05) is 0 Å². The molecule has 22 heavy (non-hydrogen) atoms. The number of nitrogens with one attached hydrogen (secondary N) is 1. The third-order valence-corrected chi connectivity index (χ3v) is 2.70. The van der Waals surface area contributed by atoms with Gasteiger partial charge in [0.2, 0.25) is 0 Å². The van der Waals surface area contributed by atoms with Crippen LogP contribution in [0, 0.1) is 24.0 Å². The average Bonchev–Trinajstić information content (AvgIpc) is 2.38. The molecule has 1 rings (SSSR count). The molecule has 0 radical (unpaired) electrons. The Bertz CT molecular complexity index is 576. The summed E-state index contributed by atoms with van der Waals surface area (Å²) in [4.78, 5) is 11.8. The van der Waals surface area contributed by atoms with Crippen LogP contribution in [0.15, 0.2) is 18.2 Å². The number of benzene rings is 1. The number of carbonyl (C=O) groups excluding carboxylic acids is 1. The Hall–Kier alpha value is -2.13. The number of terminal acetylenes is 1. The molecule has 0 bridgehead atoms. The zero-order valence-corrected chi connectivity index (χ0v) is 12.7. The third kappa shape index (κ3) is 5.34. The topological polar surface area (TPSA) is 58.6 Å². The molecule has 0 unspecified atom stereocenters. The second-order valence-corrected chi connectivity index (χ2v) is 5.77. The van der Waals surface area contributed by atoms with Gasteiger partial charge >= 0.3 is 6.09 Å². The highest BCUT2D eigenvalue weighted by Gasteiger charge is 2.27. The number of ether oxygens (including phenoxy) is 1. The van der Waals surface area contributed by atoms with Gasteiger partial charge in [0.15, 0.2) is 0 Å². The van der Waals surface area contributed by atoms with Crippen molar-refractivity contribution in [1.29, 1.82) is 0 Å². The molecule has 0 aliphatic rings. The second kappa shape index (κ2) is 7.23. The average molecular weight is 311 g/mol. The summed E-state index contributed by atoms with van der Waals surface area (Å²) >= 11 is 0. The molecule has 0 saturated heterocycles. The fourth-order valence-electron chi connectivity index (χ4n) is 1.79. The minimum atomic E-state index is -1.50. The molecule has 2 atom stereocenters. The van der Waals surface area contributed by atoms with Crippen LogP contribution >= 0.6 is 0 Å². The predicted molar refractivity (Wildman–Crippen MR) is 77.9 cm³/mol. The van der Waals surface area contributed by atoms with Crippen LogP contribution in [0.3, 0.4) is 0 Å². The molecular formula is C16H19F2NO3. The maximum absolute atomic E-state index is 13.7. The van der Waals surface area contributed by atoms with Gasteiger partial charge in [-0.2, -0.15) is 0 Å². The molecule has 1 aromatic rings. The Morgan fingerprint density at radius 1 is 1.45 bits per heavy atom. The summed E-state index contributed by atoms with van der Waals surface area (Å²) in [7, 11) is 0. The summed E-state index contributed by atoms with van der Waals surface area (Å²) in [6.45, 7) is 5.02. The molecule has 0 fully saturated rings. The van der Waals surface area contributed by atoms with Crippen molar-refractivity contribution >= 4 is 6.09 Å². The number of aliphatic hydroxyl groups is 1. The number of carbonyl (C=O) groups is 1. The number of aliphatic hydroxyl groups excluding tert-OH is 1. The maximum atomic E-state index is 13.7. The number of rotatable bonds is 4. The van der Waals surface area contributed by atoms with Gasteiger partial charge in [-0.05, 0) is 39.0 Å². The van der Waals surface area contributed by atoms with Gasteiger partial charge in [-0.3, -0.25) is 0 Å². The van der Waals surface area contributed by atoms with Gasteiger partial charge in [0, 0.05) is 12.0 Å². The molecule has 120 valence electrons. The Morgan fingerprint density at radius 2 is 2.09 bits per heavy atom. The van der Waals surface area contributed by atoms with Gasteiger partial charge < -0.3 is 15.2 Å². The van der Waals surface area contributed by atoms with E-state index in [-0.39, 0.29) is 12.0 Å². The van der Waals surface area contributed by atoms with Gasteiger partial charge in [0.25, 0.3) is 0 Å². The molecule has 1 amide bonds. The molecule has 0 aliphatic heterocycles. The Morgan fingerprint density at radius 3 is 2.64 bits per heavy atom. The van der Waals surface area contributed by atoms with E-state index in [0.717, 1.165) is 18.2 Å². The summed E-state index contributed by atoms with van der Waals surface area (Å²) < 4.78 is 32.0. The van der Waals surface area contributed by atoms with E-state index in [2.05, 4.69) is 11.2 Å². The third-order valence-electron chi connectivity index (χ3n) is 2.70. The number of alkyl carbamates (subject to hydrolysis) is 1. The van der Waals surface area contributed by atoms with E-state index in [1.165, 1.54) is 0 Å². The number of halogens is 2. The molecule has 2 N–H and O–H groups in total. The highest BCUT2D eigenvalue weighted by atomic mass is 19.1. The molecule has 0 aromatic heterocycles. The normalized spacial score (nSPS) is 13.9. The van der Waals surface area contributed by atoms with Crippen molar-refractivity contribution in [3.05, 3.63) is 35.4 Å². The van der Waals surface area contributed by atoms with Crippen LogP contribution < -0.4 is 5.32 Å². The van der Waals surface area contributed by atoms with E-state index < -0.39 is 35.5 Å². The van der Waals surface area contributed by atoms with Gasteiger partial charge in [-0.1, -0.05) is 0 Å². The molecule has 0 heterocycles. The molecule has 1 aromatic carbocycles. The van der Waals surface area contributed by atoms with Crippen LogP contribution in [0.1, 0.15) is 38.9 Å². The van der Waals surface area contributed by atoms with Gasteiger partial charge in [-0.15, -0.1) is 12.3 Å². The molecule has 0 aliphatic carbocycles. The van der Waals surface area contributed by atoms with Crippen molar-refractivity contribution in [3.63, 3.8) is 0 Å². The lowest BCUT2D eigenvalue weighted by Crippen LogP contribution is -2.42. The van der Waals surface area contributed by atoms with Crippen molar-refractivity contribution in [3.8, 4) is 12.3 Å². The lowest BCUT2D eigenvalue weighted by molar-refractivity contribution is 0.0421. The number of hydrogen-bond donors (Lipinski definition) is 2. The van der Waals surface area contributed by atoms with Crippen molar-refractivity contribution < 1.29 is 23.4 Å². The van der Waals surface area contributed by atoms with E-state index in [0.29, 0.717) is 0 Å². The first-order valence-corrected chi connectivity index (χ1v) is 6.70. The number of amides is 1. The van der Waals surface area contributed by atoms with Crippen molar-refractivity contribution in [2.45, 2.75) is 44.9 Å². The smallest absolute Gasteiger partial charge is 0.408 e. The molecule has 6 heteroatoms. The van der Waals surface area contributed by atoms with Crippen molar-refractivity contribution in [2.24, 2.45) is 0 Å². The van der Waals surface area contributed by atoms with Gasteiger partial charge in [0.05, 0.1) is 6.04 Å². The van der Waals surface area contributed by atoms with E-state index >= 15 is 0 Å². The SMILES string of the molecule is C#CC[C@H](NC(=O)OC(C)(C)C)[C@@H](O)c1cc(F)ccc1F. The van der Waals surface area contributed by atoms with Gasteiger partial charge in [-0.25, -0.2) is 13.6 Å².